The van der Waals surface area contributed by atoms with Gasteiger partial charge in [0.05, 0.1) is 6.54 Å². The highest BCUT2D eigenvalue weighted by molar-refractivity contribution is 6.30. The van der Waals surface area contributed by atoms with E-state index < -0.39 is 0 Å². The molecule has 0 unspecified atom stereocenters. The monoisotopic (exact) mass is 359 g/mol. The molecule has 6 heteroatoms. The van der Waals surface area contributed by atoms with E-state index in [1.54, 1.807) is 36.4 Å². The van der Waals surface area contributed by atoms with Crippen molar-refractivity contribution in [2.24, 2.45) is 0 Å². The van der Waals surface area contributed by atoms with Crippen molar-refractivity contribution in [3.05, 3.63) is 58.6 Å². The van der Waals surface area contributed by atoms with E-state index >= 15 is 0 Å². The number of anilines is 2. The molecule has 2 amide bonds. The zero-order chi connectivity index (χ0) is 18.2. The molecule has 0 aliphatic carbocycles. The van der Waals surface area contributed by atoms with Gasteiger partial charge in [-0.15, -0.1) is 0 Å². The minimum absolute atomic E-state index is 0.113. The molecule has 0 bridgehead atoms. The van der Waals surface area contributed by atoms with Gasteiger partial charge in [-0.05, 0) is 55.3 Å². The predicted molar refractivity (Wildman–Crippen MR) is 102 cm³/mol. The van der Waals surface area contributed by atoms with Crippen LogP contribution in [0.15, 0.2) is 42.5 Å². The molecular weight excluding hydrogens is 338 g/mol. The lowest BCUT2D eigenvalue weighted by atomic mass is 10.2. The Hall–Kier alpha value is -2.53. The van der Waals surface area contributed by atoms with Crippen molar-refractivity contribution < 1.29 is 9.59 Å². The van der Waals surface area contributed by atoms with Crippen LogP contribution >= 0.6 is 11.6 Å². The van der Waals surface area contributed by atoms with Gasteiger partial charge in [0, 0.05) is 28.5 Å². The molecule has 2 aromatic carbocycles. The van der Waals surface area contributed by atoms with Gasteiger partial charge in [0.25, 0.3) is 5.91 Å². The first-order valence-corrected chi connectivity index (χ1v) is 8.55. The first-order chi connectivity index (χ1) is 12.0. The lowest BCUT2D eigenvalue weighted by Crippen LogP contribution is -2.24. The van der Waals surface area contributed by atoms with E-state index in [1.807, 2.05) is 19.9 Å². The number of aryl methyl sites for hydroxylation is 1. The summed E-state index contributed by atoms with van der Waals surface area (Å²) in [5, 5.41) is 9.28. The quantitative estimate of drug-likeness (QED) is 0.703. The van der Waals surface area contributed by atoms with Crippen LogP contribution in [0.3, 0.4) is 0 Å². The first-order valence-electron chi connectivity index (χ1n) is 8.17. The third kappa shape index (κ3) is 5.80. The van der Waals surface area contributed by atoms with E-state index in [9.17, 15) is 9.59 Å². The molecule has 0 aliphatic rings. The highest BCUT2D eigenvalue weighted by atomic mass is 35.5. The molecule has 0 spiro atoms. The number of rotatable bonds is 7. The largest absolute Gasteiger partial charge is 0.376 e. The Morgan fingerprint density at radius 3 is 2.48 bits per heavy atom. The average Bonchev–Trinajstić information content (AvgIpc) is 2.61. The van der Waals surface area contributed by atoms with Gasteiger partial charge in [0.15, 0.2) is 0 Å². The van der Waals surface area contributed by atoms with Gasteiger partial charge in [-0.2, -0.15) is 0 Å². The van der Waals surface area contributed by atoms with Crippen LogP contribution in [0.2, 0.25) is 5.02 Å². The van der Waals surface area contributed by atoms with Crippen molar-refractivity contribution in [3.8, 4) is 0 Å². The molecule has 3 N–H and O–H groups in total. The molecule has 132 valence electrons. The number of hydrogen-bond donors (Lipinski definition) is 3. The Labute approximate surface area is 152 Å². The van der Waals surface area contributed by atoms with Crippen molar-refractivity contribution in [2.45, 2.75) is 20.3 Å². The Morgan fingerprint density at radius 2 is 1.80 bits per heavy atom. The maximum Gasteiger partial charge on any atom is 0.251 e. The number of amides is 2. The van der Waals surface area contributed by atoms with E-state index in [0.717, 1.165) is 17.7 Å². The van der Waals surface area contributed by atoms with Crippen molar-refractivity contribution >= 4 is 34.8 Å². The Balaban J connectivity index is 1.88. The lowest BCUT2D eigenvalue weighted by molar-refractivity contribution is -0.114. The molecule has 2 aromatic rings. The summed E-state index contributed by atoms with van der Waals surface area (Å²) < 4.78 is 0. The van der Waals surface area contributed by atoms with Crippen LogP contribution in [0.1, 0.15) is 29.3 Å². The van der Waals surface area contributed by atoms with Crippen LogP contribution < -0.4 is 16.0 Å². The smallest absolute Gasteiger partial charge is 0.251 e. The Kier molecular flexibility index (Phi) is 6.83. The van der Waals surface area contributed by atoms with Crippen LogP contribution in [0.25, 0.3) is 0 Å². The standard InChI is InChI=1S/C19H22ClN3O2/c1-3-10-21-19(25)14-5-8-16(9-6-14)23-18(24)12-22-17-11-15(20)7-4-13(17)2/h4-9,11,22H,3,10,12H2,1-2H3,(H,21,25)(H,23,24). The van der Waals surface area contributed by atoms with Gasteiger partial charge in [-0.1, -0.05) is 24.6 Å². The second kappa shape index (κ2) is 9.08. The van der Waals surface area contributed by atoms with E-state index in [4.69, 9.17) is 11.6 Å². The molecule has 0 radical (unpaired) electrons. The molecular formula is C19H22ClN3O2. The minimum Gasteiger partial charge on any atom is -0.376 e. The molecule has 0 saturated heterocycles. The fourth-order valence-corrected chi connectivity index (χ4v) is 2.38. The Morgan fingerprint density at radius 1 is 1.08 bits per heavy atom. The molecule has 0 heterocycles. The third-order valence-electron chi connectivity index (χ3n) is 3.61. The molecule has 0 atom stereocenters. The second-order valence-corrected chi connectivity index (χ2v) is 6.13. The molecule has 0 saturated carbocycles. The van der Waals surface area contributed by atoms with Crippen molar-refractivity contribution in [3.63, 3.8) is 0 Å². The van der Waals surface area contributed by atoms with Gasteiger partial charge in [-0.25, -0.2) is 0 Å². The SMILES string of the molecule is CCCNC(=O)c1ccc(NC(=O)CNc2cc(Cl)ccc2C)cc1. The maximum absolute atomic E-state index is 12.1. The summed E-state index contributed by atoms with van der Waals surface area (Å²) in [6, 6.07) is 12.3. The minimum atomic E-state index is -0.178. The molecule has 0 aliphatic heterocycles. The van der Waals surface area contributed by atoms with Crippen LogP contribution in [-0.4, -0.2) is 24.9 Å². The number of carbonyl (C=O) groups is 2. The van der Waals surface area contributed by atoms with E-state index in [-0.39, 0.29) is 18.4 Å². The molecule has 0 aromatic heterocycles. The number of halogens is 1. The fraction of sp³-hybridized carbons (Fsp3) is 0.263. The molecule has 25 heavy (non-hydrogen) atoms. The van der Waals surface area contributed by atoms with E-state index in [2.05, 4.69) is 16.0 Å². The van der Waals surface area contributed by atoms with Gasteiger partial charge in [-0.3, -0.25) is 9.59 Å². The van der Waals surface area contributed by atoms with Gasteiger partial charge in [0.1, 0.15) is 0 Å². The summed E-state index contributed by atoms with van der Waals surface area (Å²) in [7, 11) is 0. The van der Waals surface area contributed by atoms with E-state index in [1.165, 1.54) is 0 Å². The molecule has 2 rings (SSSR count). The molecule has 5 nitrogen and oxygen atoms in total. The summed E-state index contributed by atoms with van der Waals surface area (Å²) in [6.45, 7) is 4.71. The third-order valence-corrected chi connectivity index (χ3v) is 3.84. The van der Waals surface area contributed by atoms with Crippen LogP contribution in [0, 0.1) is 6.92 Å². The number of carbonyl (C=O) groups excluding carboxylic acids is 2. The van der Waals surface area contributed by atoms with Crippen molar-refractivity contribution in [1.29, 1.82) is 0 Å². The van der Waals surface area contributed by atoms with Crippen LogP contribution in [0.4, 0.5) is 11.4 Å². The number of nitrogens with one attached hydrogen (secondary N) is 3. The number of hydrogen-bond acceptors (Lipinski definition) is 3. The zero-order valence-corrected chi connectivity index (χ0v) is 15.1. The van der Waals surface area contributed by atoms with Crippen molar-refractivity contribution in [1.82, 2.24) is 5.32 Å². The zero-order valence-electron chi connectivity index (χ0n) is 14.4. The van der Waals surface area contributed by atoms with Crippen LogP contribution in [0.5, 0.6) is 0 Å². The Bertz CT molecular complexity index is 745. The summed E-state index contributed by atoms with van der Waals surface area (Å²) in [4.78, 5) is 23.9. The summed E-state index contributed by atoms with van der Waals surface area (Å²) in [6.07, 6.45) is 0.888. The fourth-order valence-electron chi connectivity index (χ4n) is 2.21. The van der Waals surface area contributed by atoms with E-state index in [0.29, 0.717) is 22.8 Å². The van der Waals surface area contributed by atoms with Gasteiger partial charge in [0.2, 0.25) is 5.91 Å². The van der Waals surface area contributed by atoms with Gasteiger partial charge < -0.3 is 16.0 Å². The highest BCUT2D eigenvalue weighted by Gasteiger charge is 2.07. The number of benzene rings is 2. The summed E-state index contributed by atoms with van der Waals surface area (Å²) in [5.41, 5.74) is 3.05. The first kappa shape index (κ1) is 18.8. The predicted octanol–water partition coefficient (Wildman–Crippen LogP) is 3.84. The van der Waals surface area contributed by atoms with Crippen LogP contribution in [-0.2, 0) is 4.79 Å². The summed E-state index contributed by atoms with van der Waals surface area (Å²) in [5.74, 6) is -0.291. The topological polar surface area (TPSA) is 70.2 Å². The van der Waals surface area contributed by atoms with Crippen molar-refractivity contribution in [2.75, 3.05) is 23.7 Å². The maximum atomic E-state index is 12.1. The average molecular weight is 360 g/mol. The normalized spacial score (nSPS) is 10.2. The van der Waals surface area contributed by atoms with Gasteiger partial charge >= 0.3 is 0 Å². The summed E-state index contributed by atoms with van der Waals surface area (Å²) >= 11 is 5.96. The highest BCUT2D eigenvalue weighted by Crippen LogP contribution is 2.20. The second-order valence-electron chi connectivity index (χ2n) is 5.69. The lowest BCUT2D eigenvalue weighted by Gasteiger charge is -2.11. The molecule has 0 fully saturated rings.